The first-order valence-corrected chi connectivity index (χ1v) is 9.13. The van der Waals surface area contributed by atoms with Crippen LogP contribution < -0.4 is 0 Å². The SMILES string of the molecule is Cc1ccc(CCc2ccc3cc(-c4cccc(F)c4F)ccc3c2)cc1. The molecule has 0 nitrogen and oxygen atoms in total. The Hall–Kier alpha value is -3.00. The fraction of sp³-hybridized carbons (Fsp3) is 0.120. The van der Waals surface area contributed by atoms with Crippen LogP contribution in [0.2, 0.25) is 0 Å². The largest absolute Gasteiger partial charge is 0.204 e. The van der Waals surface area contributed by atoms with Gasteiger partial charge in [-0.2, -0.15) is 0 Å². The van der Waals surface area contributed by atoms with E-state index in [1.165, 1.54) is 22.8 Å². The quantitative estimate of drug-likeness (QED) is 0.373. The molecule has 0 aliphatic rings. The number of rotatable bonds is 4. The van der Waals surface area contributed by atoms with E-state index in [0.29, 0.717) is 11.1 Å². The second-order valence-corrected chi connectivity index (χ2v) is 6.98. The van der Waals surface area contributed by atoms with Crippen LogP contribution in [0.1, 0.15) is 16.7 Å². The normalized spacial score (nSPS) is 11.1. The van der Waals surface area contributed by atoms with Crippen LogP contribution in [0.25, 0.3) is 21.9 Å². The number of benzene rings is 4. The van der Waals surface area contributed by atoms with E-state index < -0.39 is 11.6 Å². The van der Waals surface area contributed by atoms with Gasteiger partial charge in [0.1, 0.15) is 0 Å². The molecule has 0 atom stereocenters. The molecule has 0 aromatic heterocycles. The molecule has 0 aliphatic heterocycles. The van der Waals surface area contributed by atoms with E-state index in [1.54, 1.807) is 6.07 Å². The molecule has 0 saturated carbocycles. The van der Waals surface area contributed by atoms with Gasteiger partial charge in [0.25, 0.3) is 0 Å². The van der Waals surface area contributed by atoms with Crippen molar-refractivity contribution in [3.63, 3.8) is 0 Å². The second-order valence-electron chi connectivity index (χ2n) is 6.98. The molecule has 0 bridgehead atoms. The first-order valence-electron chi connectivity index (χ1n) is 9.13. The van der Waals surface area contributed by atoms with Crippen molar-refractivity contribution in [1.29, 1.82) is 0 Å². The lowest BCUT2D eigenvalue weighted by Crippen LogP contribution is -1.92. The van der Waals surface area contributed by atoms with Crippen molar-refractivity contribution in [1.82, 2.24) is 0 Å². The van der Waals surface area contributed by atoms with E-state index in [4.69, 9.17) is 0 Å². The van der Waals surface area contributed by atoms with Crippen molar-refractivity contribution >= 4 is 10.8 Å². The summed E-state index contributed by atoms with van der Waals surface area (Å²) in [5.41, 5.74) is 4.85. The summed E-state index contributed by atoms with van der Waals surface area (Å²) in [5, 5.41) is 2.13. The predicted octanol–water partition coefficient (Wildman–Crippen LogP) is 6.88. The Morgan fingerprint density at radius 1 is 0.667 bits per heavy atom. The van der Waals surface area contributed by atoms with Crippen molar-refractivity contribution in [3.05, 3.63) is 107 Å². The van der Waals surface area contributed by atoms with Crippen LogP contribution in [0.15, 0.2) is 78.9 Å². The van der Waals surface area contributed by atoms with E-state index in [9.17, 15) is 8.78 Å². The summed E-state index contributed by atoms with van der Waals surface area (Å²) in [6.07, 6.45) is 1.97. The fourth-order valence-electron chi connectivity index (χ4n) is 3.39. The fourth-order valence-corrected chi connectivity index (χ4v) is 3.39. The highest BCUT2D eigenvalue weighted by atomic mass is 19.2. The summed E-state index contributed by atoms with van der Waals surface area (Å²) in [4.78, 5) is 0. The van der Waals surface area contributed by atoms with Crippen LogP contribution in [-0.2, 0) is 12.8 Å². The van der Waals surface area contributed by atoms with Crippen LogP contribution in [0.3, 0.4) is 0 Å². The number of halogens is 2. The lowest BCUT2D eigenvalue weighted by molar-refractivity contribution is 0.511. The number of aryl methyl sites for hydroxylation is 3. The van der Waals surface area contributed by atoms with Crippen LogP contribution >= 0.6 is 0 Å². The summed E-state index contributed by atoms with van der Waals surface area (Å²) in [7, 11) is 0. The molecule has 0 amide bonds. The van der Waals surface area contributed by atoms with Crippen molar-refractivity contribution in [2.45, 2.75) is 19.8 Å². The predicted molar refractivity (Wildman–Crippen MR) is 108 cm³/mol. The second kappa shape index (κ2) is 7.32. The zero-order valence-electron chi connectivity index (χ0n) is 15.2. The highest BCUT2D eigenvalue weighted by Crippen LogP contribution is 2.28. The molecule has 0 saturated heterocycles. The number of hydrogen-bond donors (Lipinski definition) is 0. The van der Waals surface area contributed by atoms with Crippen molar-refractivity contribution in [3.8, 4) is 11.1 Å². The molecule has 0 spiro atoms. The Balaban J connectivity index is 1.58. The molecule has 0 unspecified atom stereocenters. The summed E-state index contributed by atoms with van der Waals surface area (Å²) >= 11 is 0. The van der Waals surface area contributed by atoms with Crippen molar-refractivity contribution in [2.24, 2.45) is 0 Å². The maximum Gasteiger partial charge on any atom is 0.166 e. The first-order chi connectivity index (χ1) is 13.1. The van der Waals surface area contributed by atoms with Gasteiger partial charge >= 0.3 is 0 Å². The Kier molecular flexibility index (Phi) is 4.72. The van der Waals surface area contributed by atoms with Crippen LogP contribution in [-0.4, -0.2) is 0 Å². The molecular formula is C25H20F2. The standard InChI is InChI=1S/C25H20F2/c1-17-5-7-18(8-6-17)9-10-19-11-12-21-16-22(14-13-20(21)15-19)23-3-2-4-24(26)25(23)27/h2-8,11-16H,9-10H2,1H3. The molecule has 4 rings (SSSR count). The van der Waals surface area contributed by atoms with Crippen LogP contribution in [0.5, 0.6) is 0 Å². The third-order valence-electron chi connectivity index (χ3n) is 4.99. The van der Waals surface area contributed by atoms with Gasteiger partial charge < -0.3 is 0 Å². The topological polar surface area (TPSA) is 0 Å². The molecule has 0 fully saturated rings. The number of fused-ring (bicyclic) bond motifs is 1. The van der Waals surface area contributed by atoms with Gasteiger partial charge in [-0.3, -0.25) is 0 Å². The summed E-state index contributed by atoms with van der Waals surface area (Å²) in [6.45, 7) is 2.09. The molecule has 0 heterocycles. The van der Waals surface area contributed by atoms with Crippen LogP contribution in [0, 0.1) is 18.6 Å². The summed E-state index contributed by atoms with van der Waals surface area (Å²) in [6, 6.07) is 25.0. The van der Waals surface area contributed by atoms with E-state index in [0.717, 1.165) is 29.7 Å². The lowest BCUT2D eigenvalue weighted by atomic mass is 9.97. The minimum absolute atomic E-state index is 0.292. The summed E-state index contributed by atoms with van der Waals surface area (Å²) in [5.74, 6) is -1.62. The minimum Gasteiger partial charge on any atom is -0.204 e. The average Bonchev–Trinajstić information content (AvgIpc) is 2.69. The summed E-state index contributed by atoms with van der Waals surface area (Å²) < 4.78 is 27.6. The Bertz CT molecular complexity index is 1100. The third kappa shape index (κ3) is 3.75. The maximum atomic E-state index is 14.1. The molecule has 0 N–H and O–H groups in total. The molecule has 2 heteroatoms. The molecule has 4 aromatic carbocycles. The van der Waals surface area contributed by atoms with Gasteiger partial charge in [0.15, 0.2) is 11.6 Å². The highest BCUT2D eigenvalue weighted by molar-refractivity contribution is 5.88. The lowest BCUT2D eigenvalue weighted by Gasteiger charge is -2.08. The Morgan fingerprint density at radius 2 is 1.33 bits per heavy atom. The third-order valence-corrected chi connectivity index (χ3v) is 4.99. The molecule has 27 heavy (non-hydrogen) atoms. The number of hydrogen-bond acceptors (Lipinski definition) is 0. The molecule has 134 valence electrons. The zero-order valence-corrected chi connectivity index (χ0v) is 15.2. The van der Waals surface area contributed by atoms with Gasteiger partial charge in [0.2, 0.25) is 0 Å². The minimum atomic E-state index is -0.820. The van der Waals surface area contributed by atoms with Gasteiger partial charge in [-0.25, -0.2) is 8.78 Å². The first kappa shape index (κ1) is 17.4. The zero-order chi connectivity index (χ0) is 18.8. The van der Waals surface area contributed by atoms with Crippen LogP contribution in [0.4, 0.5) is 8.78 Å². The Morgan fingerprint density at radius 3 is 2.15 bits per heavy atom. The van der Waals surface area contributed by atoms with E-state index in [-0.39, 0.29) is 0 Å². The monoisotopic (exact) mass is 358 g/mol. The Labute approximate surface area is 158 Å². The highest BCUT2D eigenvalue weighted by Gasteiger charge is 2.10. The van der Waals surface area contributed by atoms with E-state index in [1.807, 2.05) is 18.2 Å². The van der Waals surface area contributed by atoms with Gasteiger partial charge in [-0.05, 0) is 59.4 Å². The maximum absolute atomic E-state index is 14.1. The van der Waals surface area contributed by atoms with Gasteiger partial charge in [0, 0.05) is 5.56 Å². The van der Waals surface area contributed by atoms with Gasteiger partial charge in [-0.1, -0.05) is 72.3 Å². The van der Waals surface area contributed by atoms with E-state index >= 15 is 0 Å². The molecular weight excluding hydrogens is 338 g/mol. The van der Waals surface area contributed by atoms with Crippen molar-refractivity contribution in [2.75, 3.05) is 0 Å². The van der Waals surface area contributed by atoms with Gasteiger partial charge in [0.05, 0.1) is 0 Å². The smallest absolute Gasteiger partial charge is 0.166 e. The molecule has 0 aliphatic carbocycles. The molecule has 4 aromatic rings. The van der Waals surface area contributed by atoms with E-state index in [2.05, 4.69) is 49.4 Å². The average molecular weight is 358 g/mol. The van der Waals surface area contributed by atoms with Crippen molar-refractivity contribution < 1.29 is 8.78 Å². The van der Waals surface area contributed by atoms with Gasteiger partial charge in [-0.15, -0.1) is 0 Å². The molecule has 0 radical (unpaired) electrons.